The molecule has 3 rings (SSSR count). The standard InChI is InChI=1S/C16H14F3N5O.C3H6O3/c1-10(15-14(19)5-20-7-22-15)16(25,6-24-9-21-8-23-24)12-3-2-11(17)4-13(12)18;1-2(4)3(5)6/h2-5,7-10,25H,6H2,1H3;2,4H,1H3,(H,5,6)/t10-,16+;/m0./s1. The number of rotatable bonds is 6. The first-order valence-electron chi connectivity index (χ1n) is 8.92. The molecule has 0 aliphatic rings. The van der Waals surface area contributed by atoms with Gasteiger partial charge in [0.1, 0.15) is 42.3 Å². The van der Waals surface area contributed by atoms with Gasteiger partial charge in [0, 0.05) is 17.5 Å². The van der Waals surface area contributed by atoms with E-state index in [2.05, 4.69) is 20.1 Å². The van der Waals surface area contributed by atoms with Crippen LogP contribution >= 0.6 is 0 Å². The maximum atomic E-state index is 14.4. The maximum absolute atomic E-state index is 14.4. The highest BCUT2D eigenvalue weighted by atomic mass is 19.1. The number of carboxylic acids is 1. The summed E-state index contributed by atoms with van der Waals surface area (Å²) in [5.74, 6) is -4.65. The van der Waals surface area contributed by atoms with Crippen LogP contribution in [-0.4, -0.2) is 52.1 Å². The molecule has 3 N–H and O–H groups in total. The fourth-order valence-electron chi connectivity index (χ4n) is 2.72. The van der Waals surface area contributed by atoms with Gasteiger partial charge < -0.3 is 15.3 Å². The van der Waals surface area contributed by atoms with Gasteiger partial charge in [0.05, 0.1) is 18.4 Å². The number of carbonyl (C=O) groups is 1. The quantitative estimate of drug-likeness (QED) is 0.528. The highest BCUT2D eigenvalue weighted by molar-refractivity contribution is 5.71. The minimum Gasteiger partial charge on any atom is -0.479 e. The number of aromatic nitrogens is 5. The molecule has 0 spiro atoms. The van der Waals surface area contributed by atoms with Crippen LogP contribution in [0.5, 0.6) is 0 Å². The number of aliphatic hydroxyl groups is 2. The van der Waals surface area contributed by atoms with Gasteiger partial charge in [-0.05, 0) is 13.0 Å². The van der Waals surface area contributed by atoms with Gasteiger partial charge in [-0.2, -0.15) is 5.10 Å². The van der Waals surface area contributed by atoms with Crippen molar-refractivity contribution in [3.05, 3.63) is 72.1 Å². The van der Waals surface area contributed by atoms with E-state index in [1.165, 1.54) is 31.2 Å². The van der Waals surface area contributed by atoms with Crippen LogP contribution in [0.1, 0.15) is 31.0 Å². The number of hydrogen-bond donors (Lipinski definition) is 3. The summed E-state index contributed by atoms with van der Waals surface area (Å²) in [5, 5.41) is 31.0. The first-order chi connectivity index (χ1) is 14.6. The van der Waals surface area contributed by atoms with E-state index in [0.717, 1.165) is 24.7 Å². The van der Waals surface area contributed by atoms with Crippen molar-refractivity contribution in [2.24, 2.45) is 0 Å². The Kier molecular flexibility index (Phi) is 7.78. The fraction of sp³-hybridized carbons (Fsp3) is 0.316. The molecule has 12 heteroatoms. The molecule has 0 saturated carbocycles. The number of halogens is 3. The summed E-state index contributed by atoms with van der Waals surface area (Å²) in [6.07, 6.45) is 3.43. The van der Waals surface area contributed by atoms with Crippen LogP contribution in [0.3, 0.4) is 0 Å². The second-order valence-corrected chi connectivity index (χ2v) is 6.63. The van der Waals surface area contributed by atoms with Gasteiger partial charge in [0.25, 0.3) is 0 Å². The number of aliphatic carboxylic acids is 1. The molecule has 2 heterocycles. The summed E-state index contributed by atoms with van der Waals surface area (Å²) >= 11 is 0. The van der Waals surface area contributed by atoms with Crippen LogP contribution in [0.25, 0.3) is 0 Å². The van der Waals surface area contributed by atoms with Crippen molar-refractivity contribution in [3.8, 4) is 0 Å². The summed E-state index contributed by atoms with van der Waals surface area (Å²) in [6.45, 7) is 2.45. The van der Waals surface area contributed by atoms with Gasteiger partial charge >= 0.3 is 5.97 Å². The molecule has 31 heavy (non-hydrogen) atoms. The van der Waals surface area contributed by atoms with Gasteiger partial charge in [0.2, 0.25) is 0 Å². The molecule has 0 amide bonds. The molecule has 0 fully saturated rings. The summed E-state index contributed by atoms with van der Waals surface area (Å²) in [6, 6.07) is 2.80. The predicted octanol–water partition coefficient (Wildman–Crippen LogP) is 1.63. The highest BCUT2D eigenvalue weighted by Crippen LogP contribution is 2.39. The number of hydrogen-bond acceptors (Lipinski definition) is 7. The minimum absolute atomic E-state index is 0.0960. The van der Waals surface area contributed by atoms with Crippen molar-refractivity contribution in [3.63, 3.8) is 0 Å². The minimum atomic E-state index is -1.96. The molecule has 3 aromatic rings. The average molecular weight is 439 g/mol. The Morgan fingerprint density at radius 3 is 2.35 bits per heavy atom. The molecule has 166 valence electrons. The van der Waals surface area contributed by atoms with E-state index in [1.54, 1.807) is 0 Å². The molecule has 0 radical (unpaired) electrons. The number of nitrogens with zero attached hydrogens (tertiary/aromatic N) is 5. The maximum Gasteiger partial charge on any atom is 0.332 e. The Hall–Kier alpha value is -3.38. The number of aliphatic hydroxyl groups excluding tert-OH is 1. The molecular formula is C19H20F3N5O4. The summed E-state index contributed by atoms with van der Waals surface area (Å²) < 4.78 is 43.0. The van der Waals surface area contributed by atoms with Gasteiger partial charge in [-0.15, -0.1) is 0 Å². The molecule has 0 aliphatic carbocycles. The third kappa shape index (κ3) is 5.83. The van der Waals surface area contributed by atoms with Crippen LogP contribution in [0, 0.1) is 17.5 Å². The molecule has 3 atom stereocenters. The molecule has 1 aromatic carbocycles. The van der Waals surface area contributed by atoms with E-state index in [1.807, 2.05) is 0 Å². The van der Waals surface area contributed by atoms with Crippen LogP contribution in [0.15, 0.2) is 43.4 Å². The van der Waals surface area contributed by atoms with Gasteiger partial charge in [-0.1, -0.05) is 13.0 Å². The van der Waals surface area contributed by atoms with Crippen LogP contribution in [-0.2, 0) is 16.9 Å². The lowest BCUT2D eigenvalue weighted by Gasteiger charge is -2.34. The summed E-state index contributed by atoms with van der Waals surface area (Å²) in [7, 11) is 0. The van der Waals surface area contributed by atoms with Crippen molar-refractivity contribution in [2.75, 3.05) is 0 Å². The third-order valence-electron chi connectivity index (χ3n) is 4.45. The lowest BCUT2D eigenvalue weighted by Crippen LogP contribution is -2.39. The van der Waals surface area contributed by atoms with Crippen molar-refractivity contribution >= 4 is 5.97 Å². The Balaban J connectivity index is 0.000000501. The number of carboxylic acid groups (broad SMARTS) is 1. The molecule has 1 unspecified atom stereocenters. The van der Waals surface area contributed by atoms with Crippen LogP contribution < -0.4 is 0 Å². The summed E-state index contributed by atoms with van der Waals surface area (Å²) in [5.41, 5.74) is -2.25. The molecule has 2 aromatic heterocycles. The first-order valence-corrected chi connectivity index (χ1v) is 8.92. The third-order valence-corrected chi connectivity index (χ3v) is 4.45. The molecule has 0 saturated heterocycles. The van der Waals surface area contributed by atoms with Gasteiger partial charge in [-0.3, -0.25) is 0 Å². The van der Waals surface area contributed by atoms with Crippen LogP contribution in [0.2, 0.25) is 0 Å². The van der Waals surface area contributed by atoms with Gasteiger partial charge in [0.15, 0.2) is 5.82 Å². The molecule has 0 aliphatic heterocycles. The van der Waals surface area contributed by atoms with E-state index < -0.39 is 41.0 Å². The first kappa shape index (κ1) is 23.9. The second kappa shape index (κ2) is 10.1. The van der Waals surface area contributed by atoms with Crippen molar-refractivity contribution in [1.29, 1.82) is 0 Å². The molecule has 0 bridgehead atoms. The lowest BCUT2D eigenvalue weighted by molar-refractivity contribution is -0.145. The topological polar surface area (TPSA) is 134 Å². The Labute approximate surface area is 174 Å². The van der Waals surface area contributed by atoms with Crippen LogP contribution in [0.4, 0.5) is 13.2 Å². The van der Waals surface area contributed by atoms with E-state index in [9.17, 15) is 23.1 Å². The van der Waals surface area contributed by atoms with Gasteiger partial charge in [-0.25, -0.2) is 37.6 Å². The van der Waals surface area contributed by atoms with E-state index in [0.29, 0.717) is 6.07 Å². The normalized spacial score (nSPS) is 14.7. The van der Waals surface area contributed by atoms with E-state index in [-0.39, 0.29) is 17.8 Å². The number of benzene rings is 1. The summed E-state index contributed by atoms with van der Waals surface area (Å²) in [4.78, 5) is 20.6. The molecular weight excluding hydrogens is 419 g/mol. The van der Waals surface area contributed by atoms with Crippen molar-refractivity contribution < 1.29 is 33.3 Å². The zero-order chi connectivity index (χ0) is 23.2. The Bertz CT molecular complexity index is 1020. The van der Waals surface area contributed by atoms with E-state index in [4.69, 9.17) is 10.2 Å². The Morgan fingerprint density at radius 2 is 1.84 bits per heavy atom. The van der Waals surface area contributed by atoms with E-state index >= 15 is 0 Å². The van der Waals surface area contributed by atoms with Crippen molar-refractivity contribution in [1.82, 2.24) is 24.7 Å². The fourth-order valence-corrected chi connectivity index (χ4v) is 2.72. The lowest BCUT2D eigenvalue weighted by atomic mass is 9.79. The highest BCUT2D eigenvalue weighted by Gasteiger charge is 2.41. The zero-order valence-corrected chi connectivity index (χ0v) is 16.5. The SMILES string of the molecule is CC(O)C(=O)O.C[C@@H](c1ncncc1F)[C@](O)(Cn1cncn1)c1ccc(F)cc1F. The zero-order valence-electron chi connectivity index (χ0n) is 16.5. The Morgan fingerprint density at radius 1 is 1.16 bits per heavy atom. The second-order valence-electron chi connectivity index (χ2n) is 6.63. The predicted molar refractivity (Wildman–Crippen MR) is 100.0 cm³/mol. The monoisotopic (exact) mass is 439 g/mol. The smallest absolute Gasteiger partial charge is 0.332 e. The van der Waals surface area contributed by atoms with Crippen molar-refractivity contribution in [2.45, 2.75) is 38.0 Å². The molecule has 9 nitrogen and oxygen atoms in total. The largest absolute Gasteiger partial charge is 0.479 e. The average Bonchev–Trinajstić information content (AvgIpc) is 3.20.